The van der Waals surface area contributed by atoms with Crippen LogP contribution in [0.25, 0.3) is 0 Å². The van der Waals surface area contributed by atoms with E-state index in [0.29, 0.717) is 6.42 Å². The van der Waals surface area contributed by atoms with E-state index in [0.717, 1.165) is 11.1 Å². The predicted octanol–water partition coefficient (Wildman–Crippen LogP) is 3.46. The predicted molar refractivity (Wildman–Crippen MR) is 127 cm³/mol. The lowest BCUT2D eigenvalue weighted by Crippen LogP contribution is -2.52. The van der Waals surface area contributed by atoms with Crippen molar-refractivity contribution in [2.75, 3.05) is 6.61 Å². The first kappa shape index (κ1) is 24.6. The highest BCUT2D eigenvalue weighted by molar-refractivity contribution is 5.97. The minimum atomic E-state index is -0.893. The molecule has 3 aromatic carbocycles. The summed E-state index contributed by atoms with van der Waals surface area (Å²) >= 11 is 0. The smallest absolute Gasteiger partial charge is 0.302 e. The van der Waals surface area contributed by atoms with Crippen molar-refractivity contribution in [2.24, 2.45) is 0 Å². The van der Waals surface area contributed by atoms with Crippen molar-refractivity contribution in [3.63, 3.8) is 0 Å². The van der Waals surface area contributed by atoms with E-state index in [1.165, 1.54) is 31.2 Å². The van der Waals surface area contributed by atoms with E-state index in [1.54, 1.807) is 0 Å². The van der Waals surface area contributed by atoms with Crippen LogP contribution >= 0.6 is 0 Å². The molecule has 0 spiro atoms. The fourth-order valence-electron chi connectivity index (χ4n) is 3.47. The van der Waals surface area contributed by atoms with Gasteiger partial charge >= 0.3 is 5.97 Å². The summed E-state index contributed by atoms with van der Waals surface area (Å²) in [5.74, 6) is -1.80. The molecule has 0 aromatic heterocycles. The Kier molecular flexibility index (Phi) is 8.91. The number of hydrogen-bond donors (Lipinski definition) is 2. The minimum Gasteiger partial charge on any atom is -0.464 e. The summed E-state index contributed by atoms with van der Waals surface area (Å²) in [7, 11) is 0. The molecule has 0 saturated heterocycles. The van der Waals surface area contributed by atoms with Gasteiger partial charge in [-0.25, -0.2) is 4.39 Å². The number of carbonyl (C=O) groups excluding carboxylic acids is 3. The average Bonchev–Trinajstić information content (AvgIpc) is 2.83. The van der Waals surface area contributed by atoms with Crippen LogP contribution in [0.5, 0.6) is 0 Å². The summed E-state index contributed by atoms with van der Waals surface area (Å²) in [5.41, 5.74) is 2.07. The lowest BCUT2D eigenvalue weighted by molar-refractivity contribution is -0.142. The number of esters is 1. The van der Waals surface area contributed by atoms with Gasteiger partial charge in [0.2, 0.25) is 5.91 Å². The summed E-state index contributed by atoms with van der Waals surface area (Å²) in [5, 5.41) is 5.67. The Labute approximate surface area is 198 Å². The molecule has 0 saturated carbocycles. The Bertz CT molecular complexity index is 1090. The molecule has 2 unspecified atom stereocenters. The van der Waals surface area contributed by atoms with Crippen molar-refractivity contribution < 1.29 is 23.5 Å². The Morgan fingerprint density at radius 2 is 1.35 bits per heavy atom. The van der Waals surface area contributed by atoms with E-state index in [2.05, 4.69) is 10.6 Å². The van der Waals surface area contributed by atoms with Gasteiger partial charge in [-0.3, -0.25) is 14.4 Å². The number of ether oxygens (including phenoxy) is 1. The van der Waals surface area contributed by atoms with Crippen LogP contribution in [0.3, 0.4) is 0 Å². The highest BCUT2D eigenvalue weighted by Gasteiger charge is 2.25. The first-order valence-electron chi connectivity index (χ1n) is 11.0. The van der Waals surface area contributed by atoms with Crippen molar-refractivity contribution in [1.82, 2.24) is 10.6 Å². The molecule has 2 N–H and O–H groups in total. The van der Waals surface area contributed by atoms with E-state index in [1.807, 2.05) is 60.7 Å². The van der Waals surface area contributed by atoms with Crippen LogP contribution in [0.15, 0.2) is 84.9 Å². The Hall–Kier alpha value is -4.00. The van der Waals surface area contributed by atoms with Gasteiger partial charge in [0.25, 0.3) is 5.91 Å². The van der Waals surface area contributed by atoms with Crippen LogP contribution in [0.1, 0.15) is 28.4 Å². The lowest BCUT2D eigenvalue weighted by atomic mass is 10.0. The molecule has 0 aliphatic carbocycles. The molecule has 0 fully saturated rings. The second-order valence-electron chi connectivity index (χ2n) is 7.92. The zero-order valence-electron chi connectivity index (χ0n) is 18.9. The van der Waals surface area contributed by atoms with Gasteiger partial charge in [0.15, 0.2) is 0 Å². The van der Waals surface area contributed by atoms with Gasteiger partial charge in [0, 0.05) is 18.9 Å². The van der Waals surface area contributed by atoms with Gasteiger partial charge in [-0.1, -0.05) is 60.7 Å². The summed E-state index contributed by atoms with van der Waals surface area (Å²) in [6, 6.07) is 22.5. The number of rotatable bonds is 10. The van der Waals surface area contributed by atoms with Crippen molar-refractivity contribution in [3.8, 4) is 0 Å². The second kappa shape index (κ2) is 12.3. The lowest BCUT2D eigenvalue weighted by Gasteiger charge is -2.24. The van der Waals surface area contributed by atoms with Gasteiger partial charge in [-0.05, 0) is 41.8 Å². The number of halogens is 1. The summed E-state index contributed by atoms with van der Waals surface area (Å²) in [6.45, 7) is 1.31. The molecule has 0 aliphatic rings. The van der Waals surface area contributed by atoms with Crippen LogP contribution in [-0.4, -0.2) is 36.5 Å². The Morgan fingerprint density at radius 1 is 0.794 bits per heavy atom. The second-order valence-corrected chi connectivity index (χ2v) is 7.92. The average molecular weight is 463 g/mol. The van der Waals surface area contributed by atoms with Crippen LogP contribution in [-0.2, 0) is 27.2 Å². The molecule has 7 heteroatoms. The van der Waals surface area contributed by atoms with Gasteiger partial charge < -0.3 is 15.4 Å². The Morgan fingerprint density at radius 3 is 1.91 bits per heavy atom. The topological polar surface area (TPSA) is 84.5 Å². The number of benzene rings is 3. The molecule has 0 bridgehead atoms. The summed E-state index contributed by atoms with van der Waals surface area (Å²) in [6.07, 6.45) is 0.703. The maximum atomic E-state index is 13.3. The van der Waals surface area contributed by atoms with E-state index in [-0.39, 0.29) is 18.6 Å². The molecule has 176 valence electrons. The maximum absolute atomic E-state index is 13.3. The quantitative estimate of drug-likeness (QED) is 0.452. The minimum absolute atomic E-state index is 0.0000663. The molecular weight excluding hydrogens is 435 g/mol. The van der Waals surface area contributed by atoms with E-state index in [4.69, 9.17) is 4.74 Å². The number of carbonyl (C=O) groups is 3. The van der Waals surface area contributed by atoms with E-state index in [9.17, 15) is 18.8 Å². The van der Waals surface area contributed by atoms with Crippen LogP contribution in [0.4, 0.5) is 4.39 Å². The number of nitrogens with one attached hydrogen (secondary N) is 2. The van der Waals surface area contributed by atoms with Gasteiger partial charge in [-0.15, -0.1) is 0 Å². The molecular formula is C27H27FN2O4. The van der Waals surface area contributed by atoms with Crippen molar-refractivity contribution in [3.05, 3.63) is 107 Å². The van der Waals surface area contributed by atoms with Crippen LogP contribution < -0.4 is 10.6 Å². The third-order valence-corrected chi connectivity index (χ3v) is 5.17. The zero-order valence-corrected chi connectivity index (χ0v) is 18.9. The fraction of sp³-hybridized carbons (Fsp3) is 0.222. The Balaban J connectivity index is 1.77. The number of amides is 2. The third kappa shape index (κ3) is 7.85. The summed E-state index contributed by atoms with van der Waals surface area (Å²) in [4.78, 5) is 37.4. The first-order chi connectivity index (χ1) is 16.4. The monoisotopic (exact) mass is 462 g/mol. The van der Waals surface area contributed by atoms with Gasteiger partial charge in [0.05, 0.1) is 6.04 Å². The van der Waals surface area contributed by atoms with Crippen molar-refractivity contribution in [2.45, 2.75) is 31.8 Å². The van der Waals surface area contributed by atoms with E-state index < -0.39 is 35.7 Å². The first-order valence-corrected chi connectivity index (χ1v) is 11.0. The van der Waals surface area contributed by atoms with Gasteiger partial charge in [-0.2, -0.15) is 0 Å². The molecule has 3 rings (SSSR count). The van der Waals surface area contributed by atoms with Gasteiger partial charge in [0.1, 0.15) is 18.5 Å². The molecule has 2 amide bonds. The normalized spacial score (nSPS) is 12.3. The molecule has 0 aliphatic heterocycles. The molecule has 6 nitrogen and oxygen atoms in total. The molecule has 0 radical (unpaired) electrons. The highest BCUT2D eigenvalue weighted by atomic mass is 19.1. The SMILES string of the molecule is CC(=O)OCC(Cc1ccccc1)NC(=O)C(Cc1ccccc1)NC(=O)c1ccc(F)cc1. The maximum Gasteiger partial charge on any atom is 0.302 e. The van der Waals surface area contributed by atoms with Crippen molar-refractivity contribution >= 4 is 17.8 Å². The molecule has 34 heavy (non-hydrogen) atoms. The molecule has 3 aromatic rings. The van der Waals surface area contributed by atoms with E-state index >= 15 is 0 Å². The highest BCUT2D eigenvalue weighted by Crippen LogP contribution is 2.09. The molecule has 0 heterocycles. The number of hydrogen-bond acceptors (Lipinski definition) is 4. The summed E-state index contributed by atoms with van der Waals surface area (Å²) < 4.78 is 18.4. The third-order valence-electron chi connectivity index (χ3n) is 5.17. The largest absolute Gasteiger partial charge is 0.464 e. The zero-order chi connectivity index (χ0) is 24.3. The van der Waals surface area contributed by atoms with Crippen molar-refractivity contribution in [1.29, 1.82) is 0 Å². The standard InChI is InChI=1S/C27H27FN2O4/c1-19(31)34-18-24(16-20-8-4-2-5-9-20)29-27(33)25(17-21-10-6-3-7-11-21)30-26(32)22-12-14-23(28)15-13-22/h2-15,24-25H,16-18H2,1H3,(H,29,33)(H,30,32). The van der Waals surface area contributed by atoms with Crippen LogP contribution in [0, 0.1) is 5.82 Å². The fourth-order valence-corrected chi connectivity index (χ4v) is 3.47. The van der Waals surface area contributed by atoms with Crippen LogP contribution in [0.2, 0.25) is 0 Å². The molecule has 2 atom stereocenters.